The number of aromatic nitrogens is 3. The van der Waals surface area contributed by atoms with Crippen LogP contribution in [0.4, 0.5) is 0 Å². The van der Waals surface area contributed by atoms with E-state index in [0.29, 0.717) is 12.4 Å². The van der Waals surface area contributed by atoms with Crippen molar-refractivity contribution in [3.63, 3.8) is 0 Å². The first-order valence-corrected chi connectivity index (χ1v) is 7.26. The molecule has 0 aliphatic rings. The molecule has 0 unspecified atom stereocenters. The molecule has 3 rings (SSSR count). The quantitative estimate of drug-likeness (QED) is 0.692. The van der Waals surface area contributed by atoms with Gasteiger partial charge >= 0.3 is 0 Å². The predicted molar refractivity (Wildman–Crippen MR) is 83.9 cm³/mol. The van der Waals surface area contributed by atoms with Gasteiger partial charge in [-0.05, 0) is 31.2 Å². The molecule has 0 radical (unpaired) electrons. The van der Waals surface area contributed by atoms with E-state index in [1.165, 1.54) is 0 Å². The molecule has 1 aromatic carbocycles. The molecule has 0 bridgehead atoms. The highest BCUT2D eigenvalue weighted by Crippen LogP contribution is 2.23. The lowest BCUT2D eigenvalue weighted by atomic mass is 10.2. The lowest BCUT2D eigenvalue weighted by molar-refractivity contribution is 0.415. The fraction of sp³-hybridized carbons (Fsp3) is 0.250. The third kappa shape index (κ3) is 2.72. The fourth-order valence-electron chi connectivity index (χ4n) is 2.41. The number of halogens is 1. The van der Waals surface area contributed by atoms with Gasteiger partial charge in [-0.25, -0.2) is 4.98 Å². The molecule has 2 aromatic heterocycles. The summed E-state index contributed by atoms with van der Waals surface area (Å²) in [5.41, 5.74) is 3.93. The first-order chi connectivity index (χ1) is 10.2. The predicted octanol–water partition coefficient (Wildman–Crippen LogP) is 3.54. The topological polar surface area (TPSA) is 39.9 Å². The van der Waals surface area contributed by atoms with E-state index in [1.54, 1.807) is 7.11 Å². The molecule has 3 aromatic rings. The molecule has 0 aliphatic carbocycles. The number of benzene rings is 1. The van der Waals surface area contributed by atoms with E-state index < -0.39 is 0 Å². The molecule has 0 N–H and O–H groups in total. The molecule has 0 saturated heterocycles. The average molecular weight is 302 g/mol. The number of imidazole rings is 1. The van der Waals surface area contributed by atoms with Crippen LogP contribution in [0.2, 0.25) is 0 Å². The molecule has 0 spiro atoms. The minimum absolute atomic E-state index is 0.364. The largest absolute Gasteiger partial charge is 0.497 e. The van der Waals surface area contributed by atoms with Crippen LogP contribution in [-0.2, 0) is 12.4 Å². The van der Waals surface area contributed by atoms with E-state index in [2.05, 4.69) is 14.5 Å². The van der Waals surface area contributed by atoms with Crippen molar-refractivity contribution in [3.8, 4) is 5.75 Å². The van der Waals surface area contributed by atoms with Gasteiger partial charge in [0.15, 0.2) is 0 Å². The Morgan fingerprint density at radius 3 is 2.76 bits per heavy atom. The number of methoxy groups -OCH3 is 1. The molecule has 5 heteroatoms. The Morgan fingerprint density at radius 2 is 2.05 bits per heavy atom. The molecule has 0 fully saturated rings. The first kappa shape index (κ1) is 13.9. The second-order valence-corrected chi connectivity index (χ2v) is 5.14. The van der Waals surface area contributed by atoms with Crippen LogP contribution >= 0.6 is 11.6 Å². The van der Waals surface area contributed by atoms with Gasteiger partial charge in [-0.2, -0.15) is 0 Å². The smallest absolute Gasteiger partial charge is 0.125 e. The lowest BCUT2D eigenvalue weighted by Crippen LogP contribution is -2.05. The second kappa shape index (κ2) is 5.74. The summed E-state index contributed by atoms with van der Waals surface area (Å²) in [5, 5.41) is 0. The highest BCUT2D eigenvalue weighted by Gasteiger charge is 2.11. The number of nitrogens with zero attached hydrogens (tertiary/aromatic N) is 3. The monoisotopic (exact) mass is 301 g/mol. The van der Waals surface area contributed by atoms with Crippen LogP contribution in [0.5, 0.6) is 5.75 Å². The van der Waals surface area contributed by atoms with Crippen molar-refractivity contribution in [2.45, 2.75) is 19.3 Å². The van der Waals surface area contributed by atoms with Crippen molar-refractivity contribution in [3.05, 3.63) is 53.6 Å². The molecule has 4 nitrogen and oxygen atoms in total. The first-order valence-electron chi connectivity index (χ1n) is 6.73. The van der Waals surface area contributed by atoms with Crippen LogP contribution in [0.1, 0.15) is 17.2 Å². The number of fused-ring (bicyclic) bond motifs is 1. The maximum atomic E-state index is 6.04. The van der Waals surface area contributed by atoms with Crippen LogP contribution in [0.15, 0.2) is 36.4 Å². The van der Waals surface area contributed by atoms with Gasteiger partial charge in [-0.1, -0.05) is 6.07 Å². The van der Waals surface area contributed by atoms with E-state index in [1.807, 2.05) is 43.3 Å². The number of ether oxygens (including phenoxy) is 1. The Hall–Kier alpha value is -2.07. The van der Waals surface area contributed by atoms with Crippen molar-refractivity contribution in [2.24, 2.45) is 0 Å². The van der Waals surface area contributed by atoms with Crippen LogP contribution in [0.25, 0.3) is 11.0 Å². The molecule has 0 saturated carbocycles. The summed E-state index contributed by atoms with van der Waals surface area (Å²) in [6.45, 7) is 2.65. The Bertz CT molecular complexity index is 782. The van der Waals surface area contributed by atoms with Crippen molar-refractivity contribution >= 4 is 22.6 Å². The van der Waals surface area contributed by atoms with Gasteiger partial charge in [0.05, 0.1) is 36.3 Å². The number of rotatable bonds is 4. The number of hydrogen-bond acceptors (Lipinski definition) is 3. The minimum atomic E-state index is 0.364. The number of alkyl halides is 1. The number of hydrogen-bond donors (Lipinski definition) is 0. The van der Waals surface area contributed by atoms with Crippen LogP contribution in [0, 0.1) is 6.92 Å². The standard InChI is InChI=1S/C16H16ClN3O/c1-11-4-3-5-12(18-11)10-20-15-7-6-13(21-2)8-14(15)19-16(20)9-17/h3-8H,9-10H2,1-2H3. The summed E-state index contributed by atoms with van der Waals surface area (Å²) in [4.78, 5) is 9.13. The number of pyridine rings is 1. The number of aryl methyl sites for hydroxylation is 1. The summed E-state index contributed by atoms with van der Waals surface area (Å²) in [7, 11) is 1.65. The minimum Gasteiger partial charge on any atom is -0.497 e. The molecular formula is C16H16ClN3O. The molecule has 108 valence electrons. The molecule has 0 amide bonds. The van der Waals surface area contributed by atoms with E-state index in [9.17, 15) is 0 Å². The zero-order valence-electron chi connectivity index (χ0n) is 12.0. The van der Waals surface area contributed by atoms with Gasteiger partial charge in [-0.3, -0.25) is 4.98 Å². The fourth-order valence-corrected chi connectivity index (χ4v) is 2.62. The van der Waals surface area contributed by atoms with E-state index >= 15 is 0 Å². The molecule has 21 heavy (non-hydrogen) atoms. The van der Waals surface area contributed by atoms with Crippen molar-refractivity contribution in [2.75, 3.05) is 7.11 Å². The molecule has 0 atom stereocenters. The Balaban J connectivity index is 2.08. The zero-order chi connectivity index (χ0) is 14.8. The van der Waals surface area contributed by atoms with E-state index in [0.717, 1.165) is 34.0 Å². The Morgan fingerprint density at radius 1 is 1.19 bits per heavy atom. The third-order valence-electron chi connectivity index (χ3n) is 3.42. The third-order valence-corrected chi connectivity index (χ3v) is 3.66. The normalized spacial score (nSPS) is 11.0. The van der Waals surface area contributed by atoms with E-state index in [4.69, 9.17) is 16.3 Å². The lowest BCUT2D eigenvalue weighted by Gasteiger charge is -2.08. The Kier molecular flexibility index (Phi) is 3.80. The average Bonchev–Trinajstić information content (AvgIpc) is 2.84. The van der Waals surface area contributed by atoms with Gasteiger partial charge in [0.2, 0.25) is 0 Å². The summed E-state index contributed by atoms with van der Waals surface area (Å²) in [6.07, 6.45) is 0. The maximum Gasteiger partial charge on any atom is 0.125 e. The van der Waals surface area contributed by atoms with Gasteiger partial charge in [0.1, 0.15) is 11.6 Å². The van der Waals surface area contributed by atoms with Gasteiger partial charge in [-0.15, -0.1) is 11.6 Å². The zero-order valence-corrected chi connectivity index (χ0v) is 12.8. The van der Waals surface area contributed by atoms with Crippen molar-refractivity contribution in [1.29, 1.82) is 0 Å². The molecule has 2 heterocycles. The molecular weight excluding hydrogens is 286 g/mol. The summed E-state index contributed by atoms with van der Waals surface area (Å²) >= 11 is 6.04. The SMILES string of the molecule is COc1ccc2c(c1)nc(CCl)n2Cc1cccc(C)n1. The molecule has 0 aliphatic heterocycles. The van der Waals surface area contributed by atoms with Gasteiger partial charge < -0.3 is 9.30 Å². The van der Waals surface area contributed by atoms with E-state index in [-0.39, 0.29) is 0 Å². The maximum absolute atomic E-state index is 6.04. The summed E-state index contributed by atoms with van der Waals surface area (Å²) in [6, 6.07) is 11.9. The van der Waals surface area contributed by atoms with Crippen LogP contribution in [0.3, 0.4) is 0 Å². The highest BCUT2D eigenvalue weighted by molar-refractivity contribution is 6.16. The van der Waals surface area contributed by atoms with Gasteiger partial charge in [0, 0.05) is 11.8 Å². The Labute approximate surface area is 128 Å². The second-order valence-electron chi connectivity index (χ2n) is 4.87. The van der Waals surface area contributed by atoms with Gasteiger partial charge in [0.25, 0.3) is 0 Å². The van der Waals surface area contributed by atoms with Crippen LogP contribution in [-0.4, -0.2) is 21.6 Å². The van der Waals surface area contributed by atoms with Crippen molar-refractivity contribution < 1.29 is 4.74 Å². The summed E-state index contributed by atoms with van der Waals surface area (Å²) < 4.78 is 7.35. The van der Waals surface area contributed by atoms with Crippen LogP contribution < -0.4 is 4.74 Å². The van der Waals surface area contributed by atoms with Crippen molar-refractivity contribution in [1.82, 2.24) is 14.5 Å². The highest BCUT2D eigenvalue weighted by atomic mass is 35.5. The summed E-state index contributed by atoms with van der Waals surface area (Å²) in [5.74, 6) is 1.99.